The van der Waals surface area contributed by atoms with Crippen molar-refractivity contribution >= 4 is 59.2 Å². The average Bonchev–Trinajstić information content (AvgIpc) is 2.84. The molecule has 0 aliphatic carbocycles. The molecule has 0 fully saturated rings. The summed E-state index contributed by atoms with van der Waals surface area (Å²) in [5.74, 6) is 0. The van der Waals surface area contributed by atoms with E-state index in [1.807, 2.05) is 0 Å². The topological polar surface area (TPSA) is 55.8 Å². The van der Waals surface area contributed by atoms with Crippen molar-refractivity contribution in [3.05, 3.63) is 0 Å². The van der Waals surface area contributed by atoms with Gasteiger partial charge in [-0.25, -0.2) is 4.57 Å². The van der Waals surface area contributed by atoms with Crippen molar-refractivity contribution < 1.29 is 18.5 Å². The third-order valence-corrected chi connectivity index (χ3v) is 8.02. The second-order valence-corrected chi connectivity index (χ2v) is 12.1. The van der Waals surface area contributed by atoms with Gasteiger partial charge >= 0.3 is 59.2 Å². The number of phosphoric ester groups is 1. The van der Waals surface area contributed by atoms with E-state index < -0.39 is 7.82 Å². The van der Waals surface area contributed by atoms with Gasteiger partial charge in [-0.1, -0.05) is 168 Å². The zero-order chi connectivity index (χ0) is 25.7. The maximum absolute atomic E-state index is 11.9. The van der Waals surface area contributed by atoms with Gasteiger partial charge in [0.15, 0.2) is 0 Å². The molecule has 0 rings (SSSR count). The average molecular weight is 559 g/mol. The molecule has 6 heteroatoms. The van der Waals surface area contributed by atoms with E-state index >= 15 is 0 Å². The van der Waals surface area contributed by atoms with Crippen LogP contribution in [-0.2, 0) is 13.6 Å². The standard InChI is InChI=1S/C30H63O4P.K.H/c1-3-5-7-9-11-13-15-16-17-18-19-20-22-24-26-28-30-34-35(31,32)33-29-27-25-23-21-14-12-10-8-6-4-2;;/h3-30H2,1-2H3,(H,31,32);;. The summed E-state index contributed by atoms with van der Waals surface area (Å²) in [6.45, 7) is 5.17. The summed E-state index contributed by atoms with van der Waals surface area (Å²) in [6.07, 6.45) is 33.5. The zero-order valence-corrected chi connectivity index (χ0v) is 24.8. The second-order valence-electron chi connectivity index (χ2n) is 10.6. The van der Waals surface area contributed by atoms with Gasteiger partial charge < -0.3 is 4.89 Å². The molecule has 0 saturated carbocycles. The van der Waals surface area contributed by atoms with E-state index in [1.165, 1.54) is 141 Å². The van der Waals surface area contributed by atoms with Gasteiger partial charge in [0.05, 0.1) is 13.2 Å². The third-order valence-electron chi connectivity index (χ3n) is 7.00. The van der Waals surface area contributed by atoms with Gasteiger partial charge in [0.2, 0.25) is 0 Å². The Morgan fingerprint density at radius 3 is 0.833 bits per heavy atom. The summed E-state index contributed by atoms with van der Waals surface area (Å²) >= 11 is 0. The monoisotopic (exact) mass is 558 g/mol. The first-order valence-corrected chi connectivity index (χ1v) is 17.2. The molecule has 1 unspecified atom stereocenters. The van der Waals surface area contributed by atoms with Crippen molar-refractivity contribution in [3.63, 3.8) is 0 Å². The Labute approximate surface area is 269 Å². The van der Waals surface area contributed by atoms with Crippen molar-refractivity contribution in [2.45, 2.75) is 181 Å². The molecule has 36 heavy (non-hydrogen) atoms. The van der Waals surface area contributed by atoms with Crippen LogP contribution >= 0.6 is 7.82 Å². The summed E-state index contributed by atoms with van der Waals surface area (Å²) in [4.78, 5) is 9.79. The predicted octanol–water partition coefficient (Wildman–Crippen LogP) is 10.7. The van der Waals surface area contributed by atoms with E-state index in [0.29, 0.717) is 13.2 Å². The number of hydrogen-bond donors (Lipinski definition) is 1. The molecule has 0 aromatic carbocycles. The molecule has 0 saturated heterocycles. The summed E-state index contributed by atoms with van der Waals surface area (Å²) < 4.78 is 22.2. The van der Waals surface area contributed by atoms with Crippen LogP contribution in [0.4, 0.5) is 0 Å². The van der Waals surface area contributed by atoms with Crippen LogP contribution in [0, 0.1) is 0 Å². The Balaban J connectivity index is 0. The van der Waals surface area contributed by atoms with E-state index in [2.05, 4.69) is 13.8 Å². The molecule has 1 N–H and O–H groups in total. The Hall–Kier alpha value is 1.75. The number of phosphoric acid groups is 1. The predicted molar refractivity (Wildman–Crippen MR) is 160 cm³/mol. The summed E-state index contributed by atoms with van der Waals surface area (Å²) in [7, 11) is -3.86. The molecule has 4 nitrogen and oxygen atoms in total. The molecule has 1 atom stereocenters. The van der Waals surface area contributed by atoms with Gasteiger partial charge in [0.25, 0.3) is 0 Å². The SMILES string of the molecule is CCCCCCCCCCCCCCCCCCOP(=O)(O)OCCCCCCCCCCCC.[KH]. The second kappa shape index (κ2) is 33.0. The molecule has 0 spiro atoms. The van der Waals surface area contributed by atoms with E-state index in [-0.39, 0.29) is 51.4 Å². The minimum atomic E-state index is -3.86. The van der Waals surface area contributed by atoms with Crippen molar-refractivity contribution in [2.24, 2.45) is 0 Å². The van der Waals surface area contributed by atoms with Gasteiger partial charge in [-0.05, 0) is 12.8 Å². The van der Waals surface area contributed by atoms with E-state index in [9.17, 15) is 9.46 Å². The fraction of sp³-hybridized carbons (Fsp3) is 1.00. The molecule has 0 aromatic heterocycles. The molecule has 0 heterocycles. The molecule has 214 valence electrons. The zero-order valence-electron chi connectivity index (χ0n) is 23.9. The van der Waals surface area contributed by atoms with Crippen LogP contribution in [0.3, 0.4) is 0 Å². The van der Waals surface area contributed by atoms with Crippen molar-refractivity contribution in [3.8, 4) is 0 Å². The van der Waals surface area contributed by atoms with Crippen LogP contribution in [0.5, 0.6) is 0 Å². The molecule has 0 radical (unpaired) electrons. The fourth-order valence-electron chi connectivity index (χ4n) is 4.64. The quantitative estimate of drug-likeness (QED) is 0.0541. The maximum atomic E-state index is 11.9. The van der Waals surface area contributed by atoms with E-state index in [4.69, 9.17) is 9.05 Å². The van der Waals surface area contributed by atoms with Crippen LogP contribution in [-0.4, -0.2) is 69.5 Å². The number of rotatable bonds is 30. The Kier molecular flexibility index (Phi) is 36.5. The van der Waals surface area contributed by atoms with E-state index in [0.717, 1.165) is 25.7 Å². The van der Waals surface area contributed by atoms with Crippen LogP contribution in [0.15, 0.2) is 0 Å². The van der Waals surface area contributed by atoms with Crippen LogP contribution in [0.2, 0.25) is 0 Å². The molecular weight excluding hydrogens is 494 g/mol. The summed E-state index contributed by atoms with van der Waals surface area (Å²) in [5, 5.41) is 0. The Morgan fingerprint density at radius 1 is 0.417 bits per heavy atom. The molecule has 0 amide bonds. The van der Waals surface area contributed by atoms with Gasteiger partial charge in [0, 0.05) is 0 Å². The van der Waals surface area contributed by atoms with E-state index in [1.54, 1.807) is 0 Å². The number of unbranched alkanes of at least 4 members (excludes halogenated alkanes) is 24. The molecular formula is C30H64KO4P. The van der Waals surface area contributed by atoms with Crippen LogP contribution < -0.4 is 0 Å². The van der Waals surface area contributed by atoms with Gasteiger partial charge in [0.1, 0.15) is 0 Å². The van der Waals surface area contributed by atoms with Gasteiger partial charge in [-0.3, -0.25) is 9.05 Å². The first kappa shape index (κ1) is 39.9. The molecule has 0 bridgehead atoms. The van der Waals surface area contributed by atoms with Crippen LogP contribution in [0.1, 0.15) is 181 Å². The summed E-state index contributed by atoms with van der Waals surface area (Å²) in [5.41, 5.74) is 0. The number of hydrogen-bond acceptors (Lipinski definition) is 3. The van der Waals surface area contributed by atoms with Crippen molar-refractivity contribution in [1.29, 1.82) is 0 Å². The molecule has 0 aliphatic heterocycles. The Bertz CT molecular complexity index is 451. The van der Waals surface area contributed by atoms with Crippen LogP contribution in [0.25, 0.3) is 0 Å². The minimum absolute atomic E-state index is 0. The van der Waals surface area contributed by atoms with Gasteiger partial charge in [-0.15, -0.1) is 0 Å². The molecule has 0 aromatic rings. The molecule has 0 aliphatic rings. The first-order chi connectivity index (χ1) is 17.1. The van der Waals surface area contributed by atoms with Gasteiger partial charge in [-0.2, -0.15) is 0 Å². The summed E-state index contributed by atoms with van der Waals surface area (Å²) in [6, 6.07) is 0. The van der Waals surface area contributed by atoms with Crippen molar-refractivity contribution in [2.75, 3.05) is 13.2 Å². The fourth-order valence-corrected chi connectivity index (χ4v) is 5.43. The van der Waals surface area contributed by atoms with Crippen molar-refractivity contribution in [1.82, 2.24) is 0 Å². The Morgan fingerprint density at radius 2 is 0.611 bits per heavy atom. The first-order valence-electron chi connectivity index (χ1n) is 15.7. The normalized spacial score (nSPS) is 13.0. The third kappa shape index (κ3) is 33.8.